The molecule has 1 aliphatic rings. The van der Waals surface area contributed by atoms with E-state index in [-0.39, 0.29) is 9.87 Å². The van der Waals surface area contributed by atoms with Crippen LogP contribution in [0.25, 0.3) is 0 Å². The quantitative estimate of drug-likeness (QED) is 0.102. The van der Waals surface area contributed by atoms with Gasteiger partial charge in [0, 0.05) is 14.0 Å². The number of carbonyl (C=O) groups excluding carboxylic acids is 3. The smallest absolute Gasteiger partial charge is 0.362 e. The summed E-state index contributed by atoms with van der Waals surface area (Å²) >= 11 is 0. The summed E-state index contributed by atoms with van der Waals surface area (Å²) in [4.78, 5) is 37.0. The molecule has 1 saturated heterocycles. The van der Waals surface area contributed by atoms with E-state index in [1.54, 1.807) is 0 Å². The van der Waals surface area contributed by atoms with Crippen molar-refractivity contribution in [2.24, 2.45) is 0 Å². The number of β-lactam (4-membered cyclic amide) rings is 1. The first-order chi connectivity index (χ1) is 16.3. The Morgan fingerprint density at radius 3 is 1.97 bits per heavy atom. The lowest BCUT2D eigenvalue weighted by atomic mass is 9.99. The Bertz CT molecular complexity index is 1360. The van der Waals surface area contributed by atoms with Gasteiger partial charge in [0.2, 0.25) is 17.5 Å². The molecule has 1 fully saturated rings. The molecule has 1 aromatic rings. The average molecular weight is 578 g/mol. The van der Waals surface area contributed by atoms with Gasteiger partial charge in [-0.15, -0.1) is 0 Å². The van der Waals surface area contributed by atoms with Gasteiger partial charge < -0.3 is 19.6 Å². The molecule has 1 unspecified atom stereocenters. The number of rotatable bonds is 11. The molecule has 3 amide bonds. The van der Waals surface area contributed by atoms with Crippen LogP contribution in [0.2, 0.25) is 0 Å². The molecule has 3 atom stereocenters. The third-order valence-corrected chi connectivity index (χ3v) is 6.18. The zero-order valence-corrected chi connectivity index (χ0v) is 20.5. The highest BCUT2D eigenvalue weighted by molar-refractivity contribution is 7.84. The maximum Gasteiger partial charge on any atom is 0.446 e. The summed E-state index contributed by atoms with van der Waals surface area (Å²) < 4.78 is 108. The van der Waals surface area contributed by atoms with Crippen LogP contribution in [0.15, 0.2) is 24.3 Å². The van der Waals surface area contributed by atoms with Crippen molar-refractivity contribution >= 4 is 48.8 Å². The first kappa shape index (κ1) is 29.3. The molecule has 0 radical (unpaired) electrons. The van der Waals surface area contributed by atoms with Gasteiger partial charge in [0.05, 0.1) is 6.54 Å². The highest BCUT2D eigenvalue weighted by atomic mass is 32.3. The molecule has 5 N–H and O–H groups in total. The Morgan fingerprint density at radius 1 is 1.03 bits per heavy atom. The van der Waals surface area contributed by atoms with Crippen LogP contribution >= 0.6 is 0 Å². The summed E-state index contributed by atoms with van der Waals surface area (Å²) in [5, 5.41) is 4.02. The van der Waals surface area contributed by atoms with E-state index in [1.807, 2.05) is 10.6 Å². The van der Waals surface area contributed by atoms with Crippen LogP contribution < -0.4 is 14.8 Å². The van der Waals surface area contributed by atoms with Crippen LogP contribution in [-0.4, -0.2) is 86.4 Å². The summed E-state index contributed by atoms with van der Waals surface area (Å²) in [5.74, 6) is -4.20. The van der Waals surface area contributed by atoms with E-state index >= 15 is 0 Å². The number of methoxy groups -OCH3 is 1. The van der Waals surface area contributed by atoms with Crippen molar-refractivity contribution in [3.05, 3.63) is 29.8 Å². The molecule has 0 aromatic heterocycles. The zero-order valence-electron chi connectivity index (χ0n) is 18.1. The number of amides is 3. The molecule has 18 nitrogen and oxygen atoms in total. The maximum absolute atomic E-state index is 13.0. The van der Waals surface area contributed by atoms with Crippen LogP contribution in [0, 0.1) is 0 Å². The lowest BCUT2D eigenvalue weighted by Gasteiger charge is -2.45. The Balaban J connectivity index is 2.46. The standard InChI is InChI=1S/C15H19N3O15S3/c1-8(19)16-11(13(20)17-15(31-2)7-18(14(15)21)34(22,23)24)12(33-36(28,29)30)9-3-5-10(6-4-9)32-35(25,26)27/h3-6,11-12H,7H2,1-2H3,(H,16,19)(H,17,20)(H,22,23,24)(H,25,26,27)(H,28,29,30)/t11-,12?,15-/m1/s1. The molecule has 0 bridgehead atoms. The number of hydrogen-bond donors (Lipinski definition) is 5. The molecule has 0 saturated carbocycles. The molecule has 36 heavy (non-hydrogen) atoms. The lowest BCUT2D eigenvalue weighted by molar-refractivity contribution is -0.181. The summed E-state index contributed by atoms with van der Waals surface area (Å²) in [6, 6.07) is 1.63. The minimum absolute atomic E-state index is 0.0513. The Kier molecular flexibility index (Phi) is 8.32. The van der Waals surface area contributed by atoms with Gasteiger partial charge in [-0.1, -0.05) is 12.1 Å². The fourth-order valence-corrected chi connectivity index (χ4v) is 4.52. The van der Waals surface area contributed by atoms with Crippen LogP contribution in [-0.2, 0) is 54.4 Å². The van der Waals surface area contributed by atoms with E-state index in [2.05, 4.69) is 8.37 Å². The maximum atomic E-state index is 13.0. The molecule has 202 valence electrons. The zero-order chi connectivity index (χ0) is 27.7. The van der Waals surface area contributed by atoms with Gasteiger partial charge >= 0.3 is 31.1 Å². The molecular formula is C15H19N3O15S3. The van der Waals surface area contributed by atoms with Crippen molar-refractivity contribution in [1.82, 2.24) is 14.9 Å². The van der Waals surface area contributed by atoms with Crippen molar-refractivity contribution in [2.45, 2.75) is 24.8 Å². The number of ether oxygens (including phenoxy) is 1. The number of benzene rings is 1. The second-order valence-electron chi connectivity index (χ2n) is 7.01. The minimum atomic E-state index is -5.32. The molecule has 21 heteroatoms. The number of carbonyl (C=O) groups is 3. The Morgan fingerprint density at radius 2 is 1.58 bits per heavy atom. The number of hydrogen-bond acceptors (Lipinski definition) is 12. The second-order valence-corrected chi connectivity index (χ2v) is 10.4. The highest BCUT2D eigenvalue weighted by Gasteiger charge is 2.59. The van der Waals surface area contributed by atoms with E-state index in [9.17, 15) is 44.2 Å². The van der Waals surface area contributed by atoms with E-state index in [1.165, 1.54) is 0 Å². The average Bonchev–Trinajstić information content (AvgIpc) is 2.70. The van der Waals surface area contributed by atoms with Gasteiger partial charge in [-0.25, -0.2) is 8.49 Å². The summed E-state index contributed by atoms with van der Waals surface area (Å²) in [6.07, 6.45) is -2.06. The summed E-state index contributed by atoms with van der Waals surface area (Å²) in [5.41, 5.74) is -2.63. The van der Waals surface area contributed by atoms with Crippen LogP contribution in [0.4, 0.5) is 0 Å². The molecular weight excluding hydrogens is 558 g/mol. The third-order valence-electron chi connectivity index (χ3n) is 4.47. The van der Waals surface area contributed by atoms with Crippen LogP contribution in [0.1, 0.15) is 18.6 Å². The van der Waals surface area contributed by atoms with Gasteiger partial charge in [-0.2, -0.15) is 25.3 Å². The van der Waals surface area contributed by atoms with Gasteiger partial charge in [0.25, 0.3) is 5.91 Å². The topological polar surface area (TPSA) is 269 Å². The predicted octanol–water partition coefficient (Wildman–Crippen LogP) is -2.66. The van der Waals surface area contributed by atoms with E-state index in [4.69, 9.17) is 13.8 Å². The minimum Gasteiger partial charge on any atom is -0.362 e. The molecule has 1 aliphatic heterocycles. The van der Waals surface area contributed by atoms with Gasteiger partial charge in [0.15, 0.2) is 0 Å². The normalized spacial score (nSPS) is 20.1. The Labute approximate surface area is 204 Å². The van der Waals surface area contributed by atoms with Crippen molar-refractivity contribution in [1.29, 1.82) is 0 Å². The fourth-order valence-electron chi connectivity index (χ4n) is 2.98. The monoisotopic (exact) mass is 577 g/mol. The van der Waals surface area contributed by atoms with E-state index in [0.29, 0.717) is 0 Å². The number of nitrogens with zero attached hydrogens (tertiary/aromatic N) is 1. The van der Waals surface area contributed by atoms with Crippen LogP contribution in [0.3, 0.4) is 0 Å². The highest BCUT2D eigenvalue weighted by Crippen LogP contribution is 2.29. The third kappa shape index (κ3) is 7.30. The first-order valence-corrected chi connectivity index (χ1v) is 13.3. The molecule has 0 aliphatic carbocycles. The Hall–Kier alpha value is -2.92. The first-order valence-electron chi connectivity index (χ1n) is 9.14. The molecule has 0 spiro atoms. The number of nitrogens with one attached hydrogen (secondary N) is 2. The van der Waals surface area contributed by atoms with Gasteiger partial charge in [0.1, 0.15) is 17.9 Å². The van der Waals surface area contributed by atoms with Crippen molar-refractivity contribution in [3.8, 4) is 5.75 Å². The van der Waals surface area contributed by atoms with Gasteiger partial charge in [-0.05, 0) is 17.7 Å². The van der Waals surface area contributed by atoms with Gasteiger partial charge in [-0.3, -0.25) is 28.0 Å². The SMILES string of the molecule is CO[C@]1(NC(=O)[C@H](NC(C)=O)C(OS(=O)(=O)O)c2ccc(OS(=O)(=O)O)cc2)CN(S(=O)(=O)O)C1=O. The van der Waals surface area contributed by atoms with E-state index < -0.39 is 79.0 Å². The fraction of sp³-hybridized carbons (Fsp3) is 0.400. The van der Waals surface area contributed by atoms with Crippen molar-refractivity contribution in [2.75, 3.05) is 13.7 Å². The summed E-state index contributed by atoms with van der Waals surface area (Å²) in [6.45, 7) is 0.0136. The summed E-state index contributed by atoms with van der Waals surface area (Å²) in [7, 11) is -14.3. The largest absolute Gasteiger partial charge is 0.446 e. The predicted molar refractivity (Wildman–Crippen MR) is 113 cm³/mol. The van der Waals surface area contributed by atoms with Crippen molar-refractivity contribution < 1.29 is 66.4 Å². The second kappa shape index (κ2) is 10.2. The lowest BCUT2D eigenvalue weighted by Crippen LogP contribution is -2.77. The molecule has 1 heterocycles. The van der Waals surface area contributed by atoms with Crippen molar-refractivity contribution in [3.63, 3.8) is 0 Å². The molecule has 2 rings (SSSR count). The van der Waals surface area contributed by atoms with E-state index in [0.717, 1.165) is 38.3 Å². The van der Waals surface area contributed by atoms with Crippen LogP contribution in [0.5, 0.6) is 5.75 Å². The molecule has 1 aromatic carbocycles.